The van der Waals surface area contributed by atoms with Crippen LogP contribution in [0.15, 0.2) is 42.9 Å². The zero-order chi connectivity index (χ0) is 12.9. The second-order valence-corrected chi connectivity index (χ2v) is 3.87. The fourth-order valence-corrected chi connectivity index (χ4v) is 1.67. The second kappa shape index (κ2) is 5.21. The molecule has 0 saturated heterocycles. The van der Waals surface area contributed by atoms with Gasteiger partial charge in [-0.25, -0.2) is 9.97 Å². The number of hydrogen-bond donors (Lipinski definition) is 2. The average Bonchev–Trinajstić information content (AvgIpc) is 3.01. The molecule has 2 aromatic heterocycles. The van der Waals surface area contributed by atoms with Crippen molar-refractivity contribution in [1.29, 1.82) is 0 Å². The van der Waals surface area contributed by atoms with E-state index in [0.29, 0.717) is 12.4 Å². The van der Waals surface area contributed by atoms with Gasteiger partial charge in [0, 0.05) is 17.4 Å². The van der Waals surface area contributed by atoms with Crippen molar-refractivity contribution in [3.05, 3.63) is 48.5 Å². The van der Waals surface area contributed by atoms with Gasteiger partial charge >= 0.3 is 0 Å². The van der Waals surface area contributed by atoms with Gasteiger partial charge in [-0.3, -0.25) is 0 Å². The summed E-state index contributed by atoms with van der Waals surface area (Å²) >= 11 is 0. The third-order valence-electron chi connectivity index (χ3n) is 2.58. The van der Waals surface area contributed by atoms with Crippen molar-refractivity contribution in [2.45, 2.75) is 6.54 Å². The van der Waals surface area contributed by atoms with Gasteiger partial charge in [0.25, 0.3) is 0 Å². The van der Waals surface area contributed by atoms with Gasteiger partial charge in [0.05, 0.1) is 12.2 Å². The first-order valence-corrected chi connectivity index (χ1v) is 5.74. The first-order valence-electron chi connectivity index (χ1n) is 5.74. The SMILES string of the molecule is c1cc(NCc2ccncn2)cc(-c2nn[nH]n2)c1. The average molecular weight is 253 g/mol. The molecule has 0 aliphatic rings. The number of aromatic nitrogens is 6. The minimum absolute atomic E-state index is 0.575. The van der Waals surface area contributed by atoms with Gasteiger partial charge in [0.2, 0.25) is 5.82 Å². The minimum Gasteiger partial charge on any atom is -0.379 e. The first kappa shape index (κ1) is 11.3. The molecule has 0 unspecified atom stereocenters. The Bertz CT molecular complexity index is 636. The van der Waals surface area contributed by atoms with Gasteiger partial charge in [-0.2, -0.15) is 5.21 Å². The summed E-state index contributed by atoms with van der Waals surface area (Å²) in [5.74, 6) is 0.575. The Labute approximate surface area is 109 Å². The molecule has 0 amide bonds. The topological polar surface area (TPSA) is 92.3 Å². The zero-order valence-electron chi connectivity index (χ0n) is 9.98. The summed E-state index contributed by atoms with van der Waals surface area (Å²) in [4.78, 5) is 8.04. The molecule has 0 aliphatic carbocycles. The summed E-state index contributed by atoms with van der Waals surface area (Å²) in [7, 11) is 0. The smallest absolute Gasteiger partial charge is 0.204 e. The molecule has 7 heteroatoms. The molecule has 19 heavy (non-hydrogen) atoms. The lowest BCUT2D eigenvalue weighted by Gasteiger charge is -2.06. The van der Waals surface area contributed by atoms with Crippen LogP contribution in [0.2, 0.25) is 0 Å². The van der Waals surface area contributed by atoms with Gasteiger partial charge in [0.15, 0.2) is 0 Å². The van der Waals surface area contributed by atoms with Gasteiger partial charge in [-0.05, 0) is 23.4 Å². The highest BCUT2D eigenvalue weighted by atomic mass is 15.5. The van der Waals surface area contributed by atoms with Gasteiger partial charge < -0.3 is 5.32 Å². The standard InChI is InChI=1S/C12H11N7/c1-2-9(12-16-18-19-17-12)6-10(3-1)14-7-11-4-5-13-8-15-11/h1-6,8,14H,7H2,(H,16,17,18,19). The largest absolute Gasteiger partial charge is 0.379 e. The summed E-state index contributed by atoms with van der Waals surface area (Å²) in [6, 6.07) is 9.68. The van der Waals surface area contributed by atoms with Crippen LogP contribution in [-0.4, -0.2) is 30.6 Å². The molecule has 7 nitrogen and oxygen atoms in total. The lowest BCUT2D eigenvalue weighted by Crippen LogP contribution is -2.01. The number of tetrazole rings is 1. The number of nitrogens with zero attached hydrogens (tertiary/aromatic N) is 5. The normalized spacial score (nSPS) is 10.3. The van der Waals surface area contributed by atoms with E-state index in [1.54, 1.807) is 6.20 Å². The van der Waals surface area contributed by atoms with Crippen LogP contribution in [0.4, 0.5) is 5.69 Å². The van der Waals surface area contributed by atoms with E-state index in [4.69, 9.17) is 0 Å². The van der Waals surface area contributed by atoms with Crippen molar-refractivity contribution in [3.8, 4) is 11.4 Å². The summed E-state index contributed by atoms with van der Waals surface area (Å²) in [6.45, 7) is 0.637. The molecule has 2 heterocycles. The van der Waals surface area contributed by atoms with Crippen molar-refractivity contribution in [2.75, 3.05) is 5.32 Å². The molecule has 0 radical (unpaired) electrons. The molecule has 0 spiro atoms. The van der Waals surface area contributed by atoms with Crippen LogP contribution in [0.25, 0.3) is 11.4 Å². The highest BCUT2D eigenvalue weighted by Crippen LogP contribution is 2.18. The Balaban J connectivity index is 1.74. The quantitative estimate of drug-likeness (QED) is 0.727. The molecule has 0 atom stereocenters. The van der Waals surface area contributed by atoms with E-state index < -0.39 is 0 Å². The van der Waals surface area contributed by atoms with Gasteiger partial charge in [-0.15, -0.1) is 10.2 Å². The van der Waals surface area contributed by atoms with E-state index in [1.807, 2.05) is 30.3 Å². The van der Waals surface area contributed by atoms with E-state index in [1.165, 1.54) is 6.33 Å². The van der Waals surface area contributed by atoms with Crippen LogP contribution in [0.3, 0.4) is 0 Å². The van der Waals surface area contributed by atoms with Crippen molar-refractivity contribution in [3.63, 3.8) is 0 Å². The fraction of sp³-hybridized carbons (Fsp3) is 0.0833. The summed E-state index contributed by atoms with van der Waals surface area (Å²) in [6.07, 6.45) is 3.26. The molecule has 2 N–H and O–H groups in total. The predicted molar refractivity (Wildman–Crippen MR) is 69.0 cm³/mol. The van der Waals surface area contributed by atoms with Crippen molar-refractivity contribution >= 4 is 5.69 Å². The third kappa shape index (κ3) is 2.71. The molecule has 0 fully saturated rings. The van der Waals surface area contributed by atoms with Crippen LogP contribution in [0, 0.1) is 0 Å². The number of anilines is 1. The van der Waals surface area contributed by atoms with E-state index in [0.717, 1.165) is 16.9 Å². The molecule has 3 rings (SSSR count). The minimum atomic E-state index is 0.575. The Kier molecular flexibility index (Phi) is 3.09. The number of benzene rings is 1. The summed E-state index contributed by atoms with van der Waals surface area (Å²) < 4.78 is 0. The van der Waals surface area contributed by atoms with E-state index in [2.05, 4.69) is 35.9 Å². The molecule has 0 bridgehead atoms. The first-order chi connectivity index (χ1) is 9.42. The molecule has 1 aromatic carbocycles. The number of aromatic amines is 1. The van der Waals surface area contributed by atoms with Crippen LogP contribution in [0.5, 0.6) is 0 Å². The molecular weight excluding hydrogens is 242 g/mol. The van der Waals surface area contributed by atoms with Gasteiger partial charge in [0.1, 0.15) is 6.33 Å². The van der Waals surface area contributed by atoms with E-state index >= 15 is 0 Å². The molecule has 0 saturated carbocycles. The Morgan fingerprint density at radius 3 is 3.00 bits per heavy atom. The summed E-state index contributed by atoms with van der Waals surface area (Å²) in [5, 5.41) is 17.2. The monoisotopic (exact) mass is 253 g/mol. The number of H-pyrrole nitrogens is 1. The number of rotatable bonds is 4. The highest BCUT2D eigenvalue weighted by molar-refractivity contribution is 5.61. The Morgan fingerprint density at radius 1 is 1.21 bits per heavy atom. The Hall–Kier alpha value is -2.83. The van der Waals surface area contributed by atoms with Crippen LogP contribution < -0.4 is 5.32 Å². The van der Waals surface area contributed by atoms with Crippen molar-refractivity contribution in [1.82, 2.24) is 30.6 Å². The van der Waals surface area contributed by atoms with E-state index in [9.17, 15) is 0 Å². The lowest BCUT2D eigenvalue weighted by molar-refractivity contribution is 0.881. The highest BCUT2D eigenvalue weighted by Gasteiger charge is 2.03. The summed E-state index contributed by atoms with van der Waals surface area (Å²) in [5.41, 5.74) is 2.81. The van der Waals surface area contributed by atoms with E-state index in [-0.39, 0.29) is 0 Å². The Morgan fingerprint density at radius 2 is 2.21 bits per heavy atom. The zero-order valence-corrected chi connectivity index (χ0v) is 9.98. The molecular formula is C12H11N7. The molecule has 0 aliphatic heterocycles. The third-order valence-corrected chi connectivity index (χ3v) is 2.58. The van der Waals surface area contributed by atoms with Crippen LogP contribution in [0.1, 0.15) is 5.69 Å². The van der Waals surface area contributed by atoms with Crippen molar-refractivity contribution in [2.24, 2.45) is 0 Å². The molecule has 94 valence electrons. The lowest BCUT2D eigenvalue weighted by atomic mass is 10.2. The predicted octanol–water partition coefficient (Wildman–Crippen LogP) is 1.27. The number of hydrogen-bond acceptors (Lipinski definition) is 6. The maximum atomic E-state index is 4.15. The van der Waals surface area contributed by atoms with Crippen LogP contribution >= 0.6 is 0 Å². The molecule has 3 aromatic rings. The van der Waals surface area contributed by atoms with Gasteiger partial charge in [-0.1, -0.05) is 12.1 Å². The maximum Gasteiger partial charge on any atom is 0.204 e. The fourth-order valence-electron chi connectivity index (χ4n) is 1.67. The second-order valence-electron chi connectivity index (χ2n) is 3.87. The maximum absolute atomic E-state index is 4.15. The van der Waals surface area contributed by atoms with Crippen LogP contribution in [-0.2, 0) is 6.54 Å². The van der Waals surface area contributed by atoms with Crippen molar-refractivity contribution < 1.29 is 0 Å². The number of nitrogens with one attached hydrogen (secondary N) is 2.